The Bertz CT molecular complexity index is 797. The minimum atomic E-state index is -0.357. The van der Waals surface area contributed by atoms with Crippen molar-refractivity contribution >= 4 is 6.09 Å². The van der Waals surface area contributed by atoms with Gasteiger partial charge in [0.05, 0.1) is 6.04 Å². The normalized spacial score (nSPS) is 18.8. The summed E-state index contributed by atoms with van der Waals surface area (Å²) >= 11 is 0. The third kappa shape index (κ3) is 3.41. The van der Waals surface area contributed by atoms with Crippen molar-refractivity contribution in [1.82, 2.24) is 5.32 Å². The predicted molar refractivity (Wildman–Crippen MR) is 99.1 cm³/mol. The van der Waals surface area contributed by atoms with E-state index in [2.05, 4.69) is 17.4 Å². The van der Waals surface area contributed by atoms with Gasteiger partial charge in [0.15, 0.2) is 0 Å². The van der Waals surface area contributed by atoms with E-state index >= 15 is 0 Å². The van der Waals surface area contributed by atoms with E-state index in [1.807, 2.05) is 31.2 Å². The topological polar surface area (TPSA) is 38.3 Å². The van der Waals surface area contributed by atoms with Crippen molar-refractivity contribution in [2.75, 3.05) is 0 Å². The van der Waals surface area contributed by atoms with E-state index in [9.17, 15) is 4.79 Å². The van der Waals surface area contributed by atoms with Crippen LogP contribution in [-0.4, -0.2) is 6.09 Å². The molecule has 2 aliphatic rings. The molecular weight excluding hydrogens is 310 g/mol. The molecule has 3 heteroatoms. The fourth-order valence-electron chi connectivity index (χ4n) is 4.14. The Hall–Kier alpha value is -2.29. The maximum Gasteiger partial charge on any atom is 0.413 e. The average molecular weight is 335 g/mol. The van der Waals surface area contributed by atoms with Gasteiger partial charge in [-0.25, -0.2) is 4.79 Å². The highest BCUT2D eigenvalue weighted by atomic mass is 16.6. The van der Waals surface area contributed by atoms with Gasteiger partial charge in [0.25, 0.3) is 0 Å². The second kappa shape index (κ2) is 6.91. The Morgan fingerprint density at radius 1 is 1.00 bits per heavy atom. The molecule has 0 fully saturated rings. The van der Waals surface area contributed by atoms with Crippen LogP contribution in [0.5, 0.6) is 5.75 Å². The van der Waals surface area contributed by atoms with Gasteiger partial charge >= 0.3 is 6.09 Å². The fraction of sp³-hybridized carbons (Fsp3) is 0.409. The second-order valence-corrected chi connectivity index (χ2v) is 7.27. The molecule has 0 spiro atoms. The Kier molecular flexibility index (Phi) is 4.48. The first-order valence-corrected chi connectivity index (χ1v) is 9.39. The summed E-state index contributed by atoms with van der Waals surface area (Å²) in [6.07, 6.45) is 7.81. The highest BCUT2D eigenvalue weighted by molar-refractivity contribution is 5.71. The quantitative estimate of drug-likeness (QED) is 0.835. The highest BCUT2D eigenvalue weighted by Gasteiger charge is 2.25. The summed E-state index contributed by atoms with van der Waals surface area (Å²) in [6.45, 7) is 1.95. The molecule has 2 aromatic carbocycles. The van der Waals surface area contributed by atoms with Crippen molar-refractivity contribution in [2.24, 2.45) is 0 Å². The summed E-state index contributed by atoms with van der Waals surface area (Å²) in [7, 11) is 0. The van der Waals surface area contributed by atoms with Crippen LogP contribution in [0.4, 0.5) is 4.79 Å². The number of carbonyl (C=O) groups excluding carboxylic acids is 1. The van der Waals surface area contributed by atoms with Crippen LogP contribution in [0, 0.1) is 6.92 Å². The summed E-state index contributed by atoms with van der Waals surface area (Å²) in [5.74, 6) is 0.626. The Morgan fingerprint density at radius 2 is 1.72 bits per heavy atom. The third-order valence-corrected chi connectivity index (χ3v) is 5.51. The van der Waals surface area contributed by atoms with Crippen molar-refractivity contribution in [3.8, 4) is 5.75 Å². The maximum atomic E-state index is 12.4. The number of hydrogen-bond acceptors (Lipinski definition) is 2. The summed E-state index contributed by atoms with van der Waals surface area (Å²) in [4.78, 5) is 12.4. The average Bonchev–Trinajstić information content (AvgIpc) is 2.62. The lowest BCUT2D eigenvalue weighted by atomic mass is 9.81. The lowest BCUT2D eigenvalue weighted by Crippen LogP contribution is -2.33. The molecule has 0 saturated heterocycles. The molecule has 0 saturated carbocycles. The molecule has 1 atom stereocenters. The lowest BCUT2D eigenvalue weighted by molar-refractivity contribution is 0.194. The molecule has 2 aromatic rings. The number of para-hydroxylation sites is 1. The van der Waals surface area contributed by atoms with Gasteiger partial charge in [0.1, 0.15) is 5.75 Å². The minimum absolute atomic E-state index is 0.0625. The number of benzene rings is 2. The highest BCUT2D eigenvalue weighted by Crippen LogP contribution is 2.34. The van der Waals surface area contributed by atoms with Crippen molar-refractivity contribution in [3.63, 3.8) is 0 Å². The number of carbonyl (C=O) groups is 1. The Balaban J connectivity index is 1.52. The van der Waals surface area contributed by atoms with Crippen molar-refractivity contribution in [1.29, 1.82) is 0 Å². The maximum absolute atomic E-state index is 12.4. The largest absolute Gasteiger partial charge is 0.413 e. The molecule has 0 bridgehead atoms. The molecule has 25 heavy (non-hydrogen) atoms. The standard InChI is InChI=1S/C22H25NO2/c1-15-7-2-5-12-21(15)25-22(24)23-20-11-6-10-18-13-16-8-3-4-9-17(16)14-19(18)20/h2,5,7,12-14,20H,3-4,6,8-11H2,1H3,(H,23,24). The second-order valence-electron chi connectivity index (χ2n) is 7.27. The van der Waals surface area contributed by atoms with Crippen LogP contribution in [0.25, 0.3) is 0 Å². The van der Waals surface area contributed by atoms with Gasteiger partial charge in [0, 0.05) is 0 Å². The van der Waals surface area contributed by atoms with Crippen molar-refractivity contribution < 1.29 is 9.53 Å². The molecule has 4 rings (SSSR count). The summed E-state index contributed by atoms with van der Waals surface area (Å²) in [5, 5.41) is 3.10. The first-order chi connectivity index (χ1) is 12.2. The predicted octanol–water partition coefficient (Wildman–Crippen LogP) is 5.04. The first-order valence-electron chi connectivity index (χ1n) is 9.39. The molecule has 3 nitrogen and oxygen atoms in total. The zero-order chi connectivity index (χ0) is 17.2. The van der Waals surface area contributed by atoms with Gasteiger partial charge in [-0.2, -0.15) is 0 Å². The molecule has 0 aliphatic heterocycles. The van der Waals surface area contributed by atoms with E-state index in [0.29, 0.717) is 5.75 Å². The third-order valence-electron chi connectivity index (χ3n) is 5.51. The van der Waals surface area contributed by atoms with Crippen LogP contribution in [0.3, 0.4) is 0 Å². The van der Waals surface area contributed by atoms with Crippen molar-refractivity contribution in [2.45, 2.75) is 57.9 Å². The SMILES string of the molecule is Cc1ccccc1OC(=O)NC1CCCc2cc3c(cc21)CCCC3. The number of aryl methyl sites for hydroxylation is 4. The molecule has 1 N–H and O–H groups in total. The van der Waals surface area contributed by atoms with Crippen LogP contribution in [-0.2, 0) is 19.3 Å². The van der Waals surface area contributed by atoms with Crippen LogP contribution in [0.1, 0.15) is 59.5 Å². The van der Waals surface area contributed by atoms with Gasteiger partial charge in [0.2, 0.25) is 0 Å². The van der Waals surface area contributed by atoms with Crippen LogP contribution in [0.15, 0.2) is 36.4 Å². The van der Waals surface area contributed by atoms with Crippen LogP contribution < -0.4 is 10.1 Å². The van der Waals surface area contributed by atoms with Gasteiger partial charge in [-0.05, 0) is 85.8 Å². The van der Waals surface area contributed by atoms with Gasteiger partial charge in [-0.15, -0.1) is 0 Å². The number of nitrogens with one attached hydrogen (secondary N) is 1. The van der Waals surface area contributed by atoms with Crippen LogP contribution in [0.2, 0.25) is 0 Å². The molecule has 0 radical (unpaired) electrons. The van der Waals surface area contributed by atoms with E-state index < -0.39 is 0 Å². The molecule has 1 amide bonds. The molecule has 1 unspecified atom stereocenters. The molecule has 130 valence electrons. The zero-order valence-electron chi connectivity index (χ0n) is 14.8. The number of hydrogen-bond donors (Lipinski definition) is 1. The number of rotatable bonds is 2. The van der Waals surface area contributed by atoms with Crippen LogP contribution >= 0.6 is 0 Å². The van der Waals surface area contributed by atoms with Gasteiger partial charge in [-0.1, -0.05) is 30.3 Å². The Morgan fingerprint density at radius 3 is 2.52 bits per heavy atom. The fourth-order valence-corrected chi connectivity index (χ4v) is 4.14. The van der Waals surface area contributed by atoms with E-state index in [-0.39, 0.29) is 12.1 Å². The summed E-state index contributed by atoms with van der Waals surface area (Å²) in [5.41, 5.74) is 6.68. The lowest BCUT2D eigenvalue weighted by Gasteiger charge is -2.29. The van der Waals surface area contributed by atoms with Gasteiger partial charge < -0.3 is 10.1 Å². The number of fused-ring (bicyclic) bond motifs is 2. The smallest absolute Gasteiger partial charge is 0.410 e. The number of amides is 1. The van der Waals surface area contributed by atoms with E-state index in [1.165, 1.54) is 47.9 Å². The molecular formula is C22H25NO2. The van der Waals surface area contributed by atoms with E-state index in [4.69, 9.17) is 4.74 Å². The first kappa shape index (κ1) is 16.2. The van der Waals surface area contributed by atoms with Crippen molar-refractivity contribution in [3.05, 3.63) is 64.2 Å². The molecule has 0 aromatic heterocycles. The monoisotopic (exact) mass is 335 g/mol. The minimum Gasteiger partial charge on any atom is -0.410 e. The number of ether oxygens (including phenoxy) is 1. The van der Waals surface area contributed by atoms with E-state index in [0.717, 1.165) is 24.8 Å². The zero-order valence-corrected chi connectivity index (χ0v) is 14.8. The summed E-state index contributed by atoms with van der Waals surface area (Å²) in [6, 6.07) is 12.4. The molecule has 2 aliphatic carbocycles. The molecule has 0 heterocycles. The Labute approximate surface area is 149 Å². The van der Waals surface area contributed by atoms with Gasteiger partial charge in [-0.3, -0.25) is 0 Å². The van der Waals surface area contributed by atoms with E-state index in [1.54, 1.807) is 0 Å². The summed E-state index contributed by atoms with van der Waals surface area (Å²) < 4.78 is 5.53.